The molecule has 0 radical (unpaired) electrons. The Balaban J connectivity index is 1.66. The molecule has 1 heterocycles. The molecule has 3 nitrogen and oxygen atoms in total. The Morgan fingerprint density at radius 2 is 1.84 bits per heavy atom. The van der Waals surface area contributed by atoms with Crippen molar-refractivity contribution in [3.05, 3.63) is 0 Å². The van der Waals surface area contributed by atoms with Gasteiger partial charge in [0.1, 0.15) is 0 Å². The summed E-state index contributed by atoms with van der Waals surface area (Å²) in [7, 11) is 0. The van der Waals surface area contributed by atoms with E-state index < -0.39 is 0 Å². The molecule has 1 saturated heterocycles. The van der Waals surface area contributed by atoms with Crippen molar-refractivity contribution in [3.63, 3.8) is 0 Å². The van der Waals surface area contributed by atoms with Gasteiger partial charge in [0.05, 0.1) is 5.60 Å². The van der Waals surface area contributed by atoms with Crippen LogP contribution in [0, 0.1) is 11.8 Å². The van der Waals surface area contributed by atoms with Gasteiger partial charge in [-0.2, -0.15) is 0 Å². The van der Waals surface area contributed by atoms with Gasteiger partial charge in [-0.15, -0.1) is 0 Å². The van der Waals surface area contributed by atoms with E-state index in [2.05, 4.69) is 4.90 Å². The number of likely N-dealkylation sites (tertiary alicyclic amines) is 1. The number of hydrogen-bond donors (Lipinski definition) is 2. The monoisotopic (exact) mass is 266 g/mol. The van der Waals surface area contributed by atoms with Crippen LogP contribution >= 0.6 is 0 Å². The predicted molar refractivity (Wildman–Crippen MR) is 77.9 cm³/mol. The fourth-order valence-electron chi connectivity index (χ4n) is 4.84. The summed E-state index contributed by atoms with van der Waals surface area (Å²) in [5, 5.41) is 10.8. The maximum atomic E-state index is 10.8. The normalized spacial score (nSPS) is 44.8. The van der Waals surface area contributed by atoms with Gasteiger partial charge in [0.15, 0.2) is 0 Å². The van der Waals surface area contributed by atoms with Gasteiger partial charge in [0.2, 0.25) is 0 Å². The lowest BCUT2D eigenvalue weighted by Crippen LogP contribution is -2.57. The van der Waals surface area contributed by atoms with Gasteiger partial charge in [-0.1, -0.05) is 25.7 Å². The number of nitrogens with zero attached hydrogens (tertiary/aromatic N) is 1. The average Bonchev–Trinajstić information content (AvgIpc) is 2.46. The number of rotatable bonds is 2. The molecule has 4 atom stereocenters. The number of piperidine rings is 1. The van der Waals surface area contributed by atoms with Crippen molar-refractivity contribution >= 4 is 0 Å². The fraction of sp³-hybridized carbons (Fsp3) is 1.00. The summed E-state index contributed by atoms with van der Waals surface area (Å²) >= 11 is 0. The minimum Gasteiger partial charge on any atom is -0.390 e. The van der Waals surface area contributed by atoms with E-state index in [1.807, 2.05) is 0 Å². The summed E-state index contributed by atoms with van der Waals surface area (Å²) in [5.41, 5.74) is 5.65. The molecule has 3 rings (SSSR count). The van der Waals surface area contributed by atoms with Crippen LogP contribution in [0.1, 0.15) is 57.8 Å². The molecule has 3 heteroatoms. The van der Waals surface area contributed by atoms with Gasteiger partial charge >= 0.3 is 0 Å². The summed E-state index contributed by atoms with van der Waals surface area (Å²) in [4.78, 5) is 2.68. The summed E-state index contributed by atoms with van der Waals surface area (Å²) in [6.45, 7) is 3.06. The van der Waals surface area contributed by atoms with E-state index >= 15 is 0 Å². The van der Waals surface area contributed by atoms with Crippen LogP contribution in [0.25, 0.3) is 0 Å². The summed E-state index contributed by atoms with van der Waals surface area (Å²) in [6.07, 6.45) is 11.2. The van der Waals surface area contributed by atoms with Crippen molar-refractivity contribution in [2.75, 3.05) is 19.6 Å². The molecule has 0 amide bonds. The van der Waals surface area contributed by atoms with Gasteiger partial charge in [-0.3, -0.25) is 4.90 Å². The molecule has 19 heavy (non-hydrogen) atoms. The Morgan fingerprint density at radius 1 is 1.05 bits per heavy atom. The first-order valence-corrected chi connectivity index (χ1v) is 8.39. The number of fused-ring (bicyclic) bond motifs is 1. The molecule has 2 aliphatic carbocycles. The van der Waals surface area contributed by atoms with E-state index in [-0.39, 0.29) is 5.60 Å². The van der Waals surface area contributed by atoms with E-state index in [1.165, 1.54) is 44.9 Å². The smallest absolute Gasteiger partial charge is 0.0700 e. The fourth-order valence-corrected chi connectivity index (χ4v) is 4.84. The average molecular weight is 266 g/mol. The van der Waals surface area contributed by atoms with Crippen LogP contribution < -0.4 is 5.73 Å². The second kappa shape index (κ2) is 5.71. The van der Waals surface area contributed by atoms with Gasteiger partial charge in [0.25, 0.3) is 0 Å². The highest BCUT2D eigenvalue weighted by molar-refractivity contribution is 4.98. The molecular weight excluding hydrogens is 236 g/mol. The first-order chi connectivity index (χ1) is 9.23. The molecular formula is C16H30N2O. The Hall–Kier alpha value is -0.120. The highest BCUT2D eigenvalue weighted by Gasteiger charge is 2.44. The number of nitrogens with two attached hydrogens (primary N) is 1. The molecule has 0 bridgehead atoms. The van der Waals surface area contributed by atoms with Crippen molar-refractivity contribution in [2.24, 2.45) is 17.6 Å². The molecule has 1 aliphatic heterocycles. The van der Waals surface area contributed by atoms with Crippen LogP contribution in [0.3, 0.4) is 0 Å². The molecule has 0 aromatic rings. The Kier molecular flexibility index (Phi) is 4.16. The molecule has 2 saturated carbocycles. The SMILES string of the molecule is NCC1CCCCC1N1CCC2(O)CCCCC2C1. The maximum absolute atomic E-state index is 10.8. The van der Waals surface area contributed by atoms with Gasteiger partial charge in [-0.25, -0.2) is 0 Å². The molecule has 3 aliphatic rings. The van der Waals surface area contributed by atoms with Crippen molar-refractivity contribution in [1.82, 2.24) is 4.90 Å². The zero-order valence-corrected chi connectivity index (χ0v) is 12.2. The summed E-state index contributed by atoms with van der Waals surface area (Å²) < 4.78 is 0. The molecule has 3 N–H and O–H groups in total. The molecule has 3 fully saturated rings. The predicted octanol–water partition coefficient (Wildman–Crippen LogP) is 2.13. The van der Waals surface area contributed by atoms with E-state index in [0.717, 1.165) is 32.5 Å². The molecule has 0 spiro atoms. The van der Waals surface area contributed by atoms with Crippen LogP contribution in [0.2, 0.25) is 0 Å². The van der Waals surface area contributed by atoms with Crippen LogP contribution in [0.15, 0.2) is 0 Å². The quantitative estimate of drug-likeness (QED) is 0.805. The Bertz CT molecular complexity index is 309. The minimum absolute atomic E-state index is 0.332. The van der Waals surface area contributed by atoms with Crippen LogP contribution in [0.5, 0.6) is 0 Å². The maximum Gasteiger partial charge on any atom is 0.0700 e. The lowest BCUT2D eigenvalue weighted by molar-refractivity contribution is -0.108. The zero-order chi connectivity index (χ0) is 13.3. The van der Waals surface area contributed by atoms with Gasteiger partial charge in [-0.05, 0) is 44.6 Å². The van der Waals surface area contributed by atoms with E-state index in [1.54, 1.807) is 0 Å². The Labute approximate surface area is 117 Å². The molecule has 0 aromatic heterocycles. The second-order valence-corrected chi connectivity index (χ2v) is 7.14. The van der Waals surface area contributed by atoms with Crippen molar-refractivity contribution in [2.45, 2.75) is 69.4 Å². The van der Waals surface area contributed by atoms with Crippen molar-refractivity contribution < 1.29 is 5.11 Å². The lowest BCUT2D eigenvalue weighted by Gasteiger charge is -2.51. The number of hydrogen-bond acceptors (Lipinski definition) is 3. The molecule has 4 unspecified atom stereocenters. The third-order valence-electron chi connectivity index (χ3n) is 6.10. The topological polar surface area (TPSA) is 49.5 Å². The van der Waals surface area contributed by atoms with Crippen LogP contribution in [-0.2, 0) is 0 Å². The van der Waals surface area contributed by atoms with Crippen molar-refractivity contribution in [3.8, 4) is 0 Å². The standard InChI is InChI=1S/C16H30N2O/c17-11-13-5-1-2-7-15(13)18-10-9-16(19)8-4-3-6-14(16)12-18/h13-15,19H,1-12,17H2. The van der Waals surface area contributed by atoms with Gasteiger partial charge in [0, 0.05) is 25.0 Å². The largest absolute Gasteiger partial charge is 0.390 e. The third-order valence-corrected chi connectivity index (χ3v) is 6.10. The van der Waals surface area contributed by atoms with Gasteiger partial charge < -0.3 is 10.8 Å². The highest BCUT2D eigenvalue weighted by atomic mass is 16.3. The summed E-state index contributed by atoms with van der Waals surface area (Å²) in [5.74, 6) is 1.22. The third kappa shape index (κ3) is 2.70. The highest BCUT2D eigenvalue weighted by Crippen LogP contribution is 2.41. The number of aliphatic hydroxyl groups is 1. The Morgan fingerprint density at radius 3 is 2.68 bits per heavy atom. The first kappa shape index (κ1) is 13.8. The first-order valence-electron chi connectivity index (χ1n) is 8.39. The minimum atomic E-state index is -0.332. The lowest BCUT2D eigenvalue weighted by atomic mass is 9.70. The molecule has 0 aromatic carbocycles. The van der Waals surface area contributed by atoms with E-state index in [0.29, 0.717) is 17.9 Å². The van der Waals surface area contributed by atoms with E-state index in [9.17, 15) is 5.11 Å². The van der Waals surface area contributed by atoms with Crippen LogP contribution in [-0.4, -0.2) is 41.3 Å². The molecule has 110 valence electrons. The van der Waals surface area contributed by atoms with Crippen LogP contribution in [0.4, 0.5) is 0 Å². The van der Waals surface area contributed by atoms with Crippen molar-refractivity contribution in [1.29, 1.82) is 0 Å². The van der Waals surface area contributed by atoms with E-state index in [4.69, 9.17) is 5.73 Å². The summed E-state index contributed by atoms with van der Waals surface area (Å²) in [6, 6.07) is 0.699. The zero-order valence-electron chi connectivity index (χ0n) is 12.2. The second-order valence-electron chi connectivity index (χ2n) is 7.14.